The molecule has 0 aliphatic rings. The van der Waals surface area contributed by atoms with Crippen molar-refractivity contribution in [3.63, 3.8) is 0 Å². The topological polar surface area (TPSA) is 140 Å². The van der Waals surface area contributed by atoms with E-state index in [9.17, 15) is 5.11 Å². The molecule has 0 amide bonds. The number of aliphatic carboxylic acids is 2. The molecule has 0 unspecified atom stereocenters. The molecule has 2 heterocycles. The zero-order chi connectivity index (χ0) is 19.1. The third-order valence-corrected chi connectivity index (χ3v) is 3.49. The summed E-state index contributed by atoms with van der Waals surface area (Å²) >= 11 is 0. The van der Waals surface area contributed by atoms with Crippen LogP contribution in [0, 0.1) is 6.92 Å². The number of carbonyl (C=O) groups excluding carboxylic acids is 2. The fourth-order valence-electron chi connectivity index (χ4n) is 2.41. The quantitative estimate of drug-likeness (QED) is 0.350. The van der Waals surface area contributed by atoms with Crippen LogP contribution in [0.3, 0.4) is 0 Å². The van der Waals surface area contributed by atoms with Gasteiger partial charge in [-0.1, -0.05) is 5.56 Å². The molecule has 0 aliphatic carbocycles. The van der Waals surface area contributed by atoms with E-state index in [1.54, 1.807) is 0 Å². The highest BCUT2D eigenvalue weighted by Gasteiger charge is 2.13. The summed E-state index contributed by atoms with van der Waals surface area (Å²) in [4.78, 5) is 23.9. The van der Waals surface area contributed by atoms with Crippen LogP contribution in [0.15, 0.2) is 49.6 Å². The van der Waals surface area contributed by atoms with Crippen molar-refractivity contribution < 1.29 is 34.0 Å². The third-order valence-electron chi connectivity index (χ3n) is 3.49. The van der Waals surface area contributed by atoms with Gasteiger partial charge in [-0.15, -0.1) is 0 Å². The van der Waals surface area contributed by atoms with Crippen molar-refractivity contribution in [2.24, 2.45) is 0 Å². The maximum absolute atomic E-state index is 10.5. The van der Waals surface area contributed by atoms with Gasteiger partial charge in [0.1, 0.15) is 43.6 Å². The van der Waals surface area contributed by atoms with Crippen LogP contribution in [0.25, 0.3) is 0 Å². The number of phenols is 1. The number of aryl methyl sites for hydroxylation is 1. The smallest absolute Gasteiger partial charge is 0.241 e. The summed E-state index contributed by atoms with van der Waals surface area (Å²) < 4.78 is 4.00. The summed E-state index contributed by atoms with van der Waals surface area (Å²) in [7, 11) is 0. The van der Waals surface area contributed by atoms with E-state index in [0.717, 1.165) is 16.7 Å². The summed E-state index contributed by atoms with van der Waals surface area (Å²) in [6.07, 6.45) is 11.4. The summed E-state index contributed by atoms with van der Waals surface area (Å²) in [6.45, 7) is 3.36. The van der Waals surface area contributed by atoms with Gasteiger partial charge in [0.2, 0.25) is 12.7 Å². The van der Waals surface area contributed by atoms with Gasteiger partial charge in [-0.25, -0.2) is 9.13 Å². The average Bonchev–Trinajstić information content (AvgIpc) is 3.26. The molecule has 1 aromatic carbocycles. The number of aromatic nitrogens is 4. The Balaban J connectivity index is 0.000000352. The minimum Gasteiger partial charge on any atom is -0.543 e. The van der Waals surface area contributed by atoms with Gasteiger partial charge in [-0.2, -0.15) is 0 Å². The number of phenolic OH excluding ortho intramolecular Hbond substituents is 1. The molecule has 3 aromatic rings. The summed E-state index contributed by atoms with van der Waals surface area (Å²) in [5.41, 5.74) is 3.02. The molecule has 0 aliphatic heterocycles. The first-order valence-corrected chi connectivity index (χ1v) is 7.64. The molecule has 0 atom stereocenters. The molecular weight excluding hydrogens is 340 g/mol. The van der Waals surface area contributed by atoms with E-state index in [0.29, 0.717) is 18.8 Å². The van der Waals surface area contributed by atoms with Crippen molar-refractivity contribution in [3.05, 3.63) is 66.3 Å². The number of carboxylic acid groups (broad SMARTS) is 2. The van der Waals surface area contributed by atoms with E-state index in [-0.39, 0.29) is 0 Å². The number of hydrogen-bond acceptors (Lipinski definition) is 5. The van der Waals surface area contributed by atoms with Crippen LogP contribution in [-0.4, -0.2) is 27.0 Å². The van der Waals surface area contributed by atoms with Gasteiger partial charge in [0.05, 0.1) is 11.9 Å². The van der Waals surface area contributed by atoms with Crippen molar-refractivity contribution in [3.8, 4) is 5.75 Å². The second-order valence-corrected chi connectivity index (χ2v) is 5.57. The van der Waals surface area contributed by atoms with E-state index in [4.69, 9.17) is 19.8 Å². The Labute approximate surface area is 148 Å². The molecule has 2 aromatic heterocycles. The lowest BCUT2D eigenvalue weighted by molar-refractivity contribution is -0.688. The van der Waals surface area contributed by atoms with Crippen molar-refractivity contribution in [1.29, 1.82) is 0 Å². The van der Waals surface area contributed by atoms with Gasteiger partial charge >= 0.3 is 0 Å². The highest BCUT2D eigenvalue weighted by atomic mass is 16.4. The minimum absolute atomic E-state index is 0.373. The SMILES string of the molecule is Cc1cc(C[n+]2cc[nH]c2)c(O)c(C[n+]2cc[nH]c2)c1.O=C([O-])C(=O)[O-]. The normalized spacial score (nSPS) is 10.0. The van der Waals surface area contributed by atoms with Crippen LogP contribution >= 0.6 is 0 Å². The first-order chi connectivity index (χ1) is 12.4. The molecule has 9 nitrogen and oxygen atoms in total. The molecule has 0 spiro atoms. The van der Waals surface area contributed by atoms with Crippen LogP contribution in [0.2, 0.25) is 0 Å². The van der Waals surface area contributed by atoms with Crippen LogP contribution < -0.4 is 19.3 Å². The van der Waals surface area contributed by atoms with Crippen molar-refractivity contribution in [2.75, 3.05) is 0 Å². The Kier molecular flexibility index (Phi) is 6.10. The number of rotatable bonds is 4. The lowest BCUT2D eigenvalue weighted by Gasteiger charge is -2.09. The number of benzene rings is 1. The van der Waals surface area contributed by atoms with Crippen LogP contribution in [0.5, 0.6) is 5.75 Å². The molecule has 26 heavy (non-hydrogen) atoms. The zero-order valence-corrected chi connectivity index (χ0v) is 14.0. The number of hydrogen-bond donors (Lipinski definition) is 3. The minimum atomic E-state index is -2.19. The fraction of sp³-hybridized carbons (Fsp3) is 0.176. The molecule has 3 rings (SSSR count). The first-order valence-electron chi connectivity index (χ1n) is 7.64. The molecule has 136 valence electrons. The fourth-order valence-corrected chi connectivity index (χ4v) is 2.41. The van der Waals surface area contributed by atoms with Gasteiger partial charge in [-0.05, 0) is 19.1 Å². The Bertz CT molecular complexity index is 803. The predicted octanol–water partition coefficient (Wildman–Crippen LogP) is -2.49. The Morgan fingerprint density at radius 1 is 0.962 bits per heavy atom. The second kappa shape index (κ2) is 8.47. The summed E-state index contributed by atoms with van der Waals surface area (Å²) in [6, 6.07) is 4.06. The number of nitrogens with zero attached hydrogens (tertiary/aromatic N) is 2. The second-order valence-electron chi connectivity index (χ2n) is 5.57. The van der Waals surface area contributed by atoms with Crippen LogP contribution in [-0.2, 0) is 22.7 Å². The molecule has 0 saturated heterocycles. The molecule has 0 saturated carbocycles. The molecular formula is C17H18N4O5. The van der Waals surface area contributed by atoms with E-state index < -0.39 is 11.9 Å². The Morgan fingerprint density at radius 3 is 1.69 bits per heavy atom. The number of imidazole rings is 2. The summed E-state index contributed by atoms with van der Waals surface area (Å²) in [5, 5.41) is 28.3. The van der Waals surface area contributed by atoms with Crippen LogP contribution in [0.4, 0.5) is 0 Å². The van der Waals surface area contributed by atoms with E-state index in [1.165, 1.54) is 0 Å². The average molecular weight is 358 g/mol. The number of carboxylic acids is 2. The lowest BCUT2D eigenvalue weighted by Crippen LogP contribution is -2.42. The van der Waals surface area contributed by atoms with Gasteiger partial charge in [0.15, 0.2) is 0 Å². The van der Waals surface area contributed by atoms with Crippen molar-refractivity contribution in [2.45, 2.75) is 20.0 Å². The van der Waals surface area contributed by atoms with Gasteiger partial charge in [0.25, 0.3) is 0 Å². The van der Waals surface area contributed by atoms with E-state index in [2.05, 4.69) is 16.9 Å². The maximum atomic E-state index is 10.5. The molecule has 0 fully saturated rings. The number of nitrogens with one attached hydrogen (secondary N) is 2. The van der Waals surface area contributed by atoms with E-state index in [1.807, 2.05) is 58.7 Å². The summed E-state index contributed by atoms with van der Waals surface area (Å²) in [5.74, 6) is -4.00. The predicted molar refractivity (Wildman–Crippen MR) is 83.0 cm³/mol. The number of aromatic hydroxyl groups is 1. The number of carbonyl (C=O) groups is 2. The largest absolute Gasteiger partial charge is 0.543 e. The molecule has 0 bridgehead atoms. The van der Waals surface area contributed by atoms with Crippen LogP contribution in [0.1, 0.15) is 16.7 Å². The first kappa shape index (κ1) is 18.7. The Morgan fingerprint density at radius 2 is 1.38 bits per heavy atom. The monoisotopic (exact) mass is 358 g/mol. The Hall–Kier alpha value is -3.62. The number of aromatic amines is 2. The van der Waals surface area contributed by atoms with Gasteiger partial charge in [-0.3, -0.25) is 9.97 Å². The molecule has 0 radical (unpaired) electrons. The highest BCUT2D eigenvalue weighted by Crippen LogP contribution is 2.24. The standard InChI is InChI=1S/C15H16N4O.C2H2O4/c1-12-6-13(8-18-4-2-16-10-18)15(20)14(7-12)9-19-5-3-17-11-19;3-1(4)2(5)6/h2-7,10-11,20H,8-9H2,1H3;(H,3,4)(H,5,6). The maximum Gasteiger partial charge on any atom is 0.241 e. The highest BCUT2D eigenvalue weighted by molar-refractivity contribution is 6.25. The third kappa shape index (κ3) is 5.20. The van der Waals surface area contributed by atoms with Gasteiger partial charge in [0, 0.05) is 11.1 Å². The molecule has 3 N–H and O–H groups in total. The molecule has 9 heteroatoms. The lowest BCUT2D eigenvalue weighted by atomic mass is 10.0. The van der Waals surface area contributed by atoms with Crippen molar-refractivity contribution >= 4 is 11.9 Å². The number of H-pyrrole nitrogens is 2. The van der Waals surface area contributed by atoms with Crippen molar-refractivity contribution in [1.82, 2.24) is 9.97 Å². The zero-order valence-electron chi connectivity index (χ0n) is 14.0. The van der Waals surface area contributed by atoms with Gasteiger partial charge < -0.3 is 24.9 Å². The van der Waals surface area contributed by atoms with E-state index >= 15 is 0 Å².